The van der Waals surface area contributed by atoms with Gasteiger partial charge in [-0.05, 0) is 38.0 Å². The molecule has 1 N–H and O–H groups in total. The summed E-state index contributed by atoms with van der Waals surface area (Å²) in [5.41, 5.74) is 1.91. The molecule has 1 unspecified atom stereocenters. The highest BCUT2D eigenvalue weighted by Crippen LogP contribution is 2.23. The van der Waals surface area contributed by atoms with Gasteiger partial charge in [-0.2, -0.15) is 0 Å². The van der Waals surface area contributed by atoms with Crippen molar-refractivity contribution in [3.05, 3.63) is 47.5 Å². The first-order chi connectivity index (χ1) is 9.61. The molecule has 0 fully saturated rings. The average Bonchev–Trinajstić information content (AvgIpc) is 2.79. The molecule has 3 nitrogen and oxygen atoms in total. The van der Waals surface area contributed by atoms with Crippen molar-refractivity contribution in [2.75, 3.05) is 11.9 Å². The number of imidazole rings is 1. The van der Waals surface area contributed by atoms with Crippen LogP contribution in [0.4, 0.5) is 10.3 Å². The molecular weight excluding hydrogens is 253 g/mol. The number of anilines is 1. The second kappa shape index (κ2) is 6.55. The minimum absolute atomic E-state index is 0.0519. The van der Waals surface area contributed by atoms with Gasteiger partial charge >= 0.3 is 0 Å². The fraction of sp³-hybridized carbons (Fsp3) is 0.438. The molecule has 1 atom stereocenters. The van der Waals surface area contributed by atoms with Crippen molar-refractivity contribution >= 4 is 5.95 Å². The predicted molar refractivity (Wildman–Crippen MR) is 80.6 cm³/mol. The van der Waals surface area contributed by atoms with Gasteiger partial charge < -0.3 is 9.88 Å². The third-order valence-corrected chi connectivity index (χ3v) is 3.41. The van der Waals surface area contributed by atoms with E-state index in [-0.39, 0.29) is 11.9 Å². The molecule has 4 heteroatoms. The lowest BCUT2D eigenvalue weighted by Gasteiger charge is -2.17. The lowest BCUT2D eigenvalue weighted by atomic mass is 10.1. The molecule has 1 aromatic heterocycles. The van der Waals surface area contributed by atoms with Gasteiger partial charge in [-0.3, -0.25) is 0 Å². The summed E-state index contributed by atoms with van der Waals surface area (Å²) in [7, 11) is 0. The van der Waals surface area contributed by atoms with Gasteiger partial charge in [-0.1, -0.05) is 25.5 Å². The van der Waals surface area contributed by atoms with Crippen LogP contribution in [-0.2, 0) is 0 Å². The Morgan fingerprint density at radius 2 is 2.20 bits per heavy atom. The van der Waals surface area contributed by atoms with Crippen LogP contribution in [0.3, 0.4) is 0 Å². The van der Waals surface area contributed by atoms with Gasteiger partial charge in [0.25, 0.3) is 0 Å². The topological polar surface area (TPSA) is 29.9 Å². The molecular formula is C16H22FN3. The molecule has 1 aromatic carbocycles. The first-order valence-electron chi connectivity index (χ1n) is 7.16. The number of aromatic nitrogens is 2. The Balaban J connectivity index is 2.22. The summed E-state index contributed by atoms with van der Waals surface area (Å²) in [5, 5.41) is 3.36. The SMILES string of the molecule is CCCCNc1nc(C)cn1C(C)c1cccc(F)c1. The normalized spacial score (nSPS) is 12.4. The van der Waals surface area contributed by atoms with E-state index in [1.54, 1.807) is 12.1 Å². The first-order valence-corrected chi connectivity index (χ1v) is 7.16. The minimum atomic E-state index is -0.202. The summed E-state index contributed by atoms with van der Waals surface area (Å²) in [5.74, 6) is 0.652. The minimum Gasteiger partial charge on any atom is -0.356 e. The van der Waals surface area contributed by atoms with Gasteiger partial charge in [0, 0.05) is 12.7 Å². The summed E-state index contributed by atoms with van der Waals surface area (Å²) >= 11 is 0. The van der Waals surface area contributed by atoms with Crippen LogP contribution >= 0.6 is 0 Å². The van der Waals surface area contributed by atoms with Crippen molar-refractivity contribution in [2.45, 2.75) is 39.7 Å². The van der Waals surface area contributed by atoms with Crippen LogP contribution in [0.1, 0.15) is 44.0 Å². The Morgan fingerprint density at radius 1 is 1.40 bits per heavy atom. The molecule has 0 aliphatic heterocycles. The van der Waals surface area contributed by atoms with Gasteiger partial charge in [0.1, 0.15) is 5.82 Å². The smallest absolute Gasteiger partial charge is 0.203 e. The van der Waals surface area contributed by atoms with E-state index in [0.29, 0.717) is 0 Å². The highest BCUT2D eigenvalue weighted by Gasteiger charge is 2.13. The number of benzene rings is 1. The Bertz CT molecular complexity index is 563. The molecule has 0 saturated heterocycles. The largest absolute Gasteiger partial charge is 0.356 e. The third-order valence-electron chi connectivity index (χ3n) is 3.41. The monoisotopic (exact) mass is 275 g/mol. The zero-order valence-electron chi connectivity index (χ0n) is 12.4. The number of nitrogens with zero attached hydrogens (tertiary/aromatic N) is 2. The molecule has 20 heavy (non-hydrogen) atoms. The van der Waals surface area contributed by atoms with E-state index in [4.69, 9.17) is 0 Å². The highest BCUT2D eigenvalue weighted by molar-refractivity contribution is 5.32. The second-order valence-electron chi connectivity index (χ2n) is 5.12. The number of nitrogens with one attached hydrogen (secondary N) is 1. The van der Waals surface area contributed by atoms with Crippen molar-refractivity contribution in [1.29, 1.82) is 0 Å². The van der Waals surface area contributed by atoms with Crippen molar-refractivity contribution < 1.29 is 4.39 Å². The molecule has 108 valence electrons. The van der Waals surface area contributed by atoms with E-state index in [9.17, 15) is 4.39 Å². The predicted octanol–water partition coefficient (Wildman–Crippen LogP) is 4.15. The van der Waals surface area contributed by atoms with Crippen LogP contribution in [0.5, 0.6) is 0 Å². The summed E-state index contributed by atoms with van der Waals surface area (Å²) in [6.07, 6.45) is 4.26. The van der Waals surface area contributed by atoms with Crippen LogP contribution in [0, 0.1) is 12.7 Å². The van der Waals surface area contributed by atoms with E-state index in [1.165, 1.54) is 6.07 Å². The maximum Gasteiger partial charge on any atom is 0.203 e. The summed E-state index contributed by atoms with van der Waals surface area (Å²) in [4.78, 5) is 4.51. The Morgan fingerprint density at radius 3 is 2.90 bits per heavy atom. The van der Waals surface area contributed by atoms with Gasteiger partial charge in [0.15, 0.2) is 0 Å². The summed E-state index contributed by atoms with van der Waals surface area (Å²) in [6.45, 7) is 7.10. The van der Waals surface area contributed by atoms with Gasteiger partial charge in [0.2, 0.25) is 5.95 Å². The molecule has 0 aliphatic carbocycles. The summed E-state index contributed by atoms with van der Waals surface area (Å²) in [6, 6.07) is 6.79. The summed E-state index contributed by atoms with van der Waals surface area (Å²) < 4.78 is 15.4. The van der Waals surface area contributed by atoms with Crippen LogP contribution < -0.4 is 5.32 Å². The van der Waals surface area contributed by atoms with E-state index >= 15 is 0 Å². The number of rotatable bonds is 6. The Kier molecular flexibility index (Phi) is 4.77. The molecule has 0 radical (unpaired) electrons. The molecule has 2 aromatic rings. The Labute approximate surface area is 119 Å². The highest BCUT2D eigenvalue weighted by atomic mass is 19.1. The molecule has 2 rings (SSSR count). The standard InChI is InChI=1S/C16H22FN3/c1-4-5-9-18-16-19-12(2)11-20(16)13(3)14-7-6-8-15(17)10-14/h6-8,10-11,13H,4-5,9H2,1-3H3,(H,18,19). The average molecular weight is 275 g/mol. The third kappa shape index (κ3) is 3.38. The second-order valence-corrected chi connectivity index (χ2v) is 5.12. The van der Waals surface area contributed by atoms with Gasteiger partial charge in [-0.15, -0.1) is 0 Å². The van der Waals surface area contributed by atoms with Crippen LogP contribution in [0.25, 0.3) is 0 Å². The number of hydrogen-bond donors (Lipinski definition) is 1. The molecule has 0 spiro atoms. The number of hydrogen-bond acceptors (Lipinski definition) is 2. The fourth-order valence-corrected chi connectivity index (χ4v) is 2.25. The molecule has 0 amide bonds. The van der Waals surface area contributed by atoms with Crippen molar-refractivity contribution in [2.24, 2.45) is 0 Å². The van der Waals surface area contributed by atoms with E-state index in [2.05, 4.69) is 28.7 Å². The molecule has 0 aliphatic rings. The van der Waals surface area contributed by atoms with Crippen LogP contribution in [0.2, 0.25) is 0 Å². The van der Waals surface area contributed by atoms with Crippen molar-refractivity contribution in [1.82, 2.24) is 9.55 Å². The maximum atomic E-state index is 13.4. The number of halogens is 1. The van der Waals surface area contributed by atoms with Crippen LogP contribution in [-0.4, -0.2) is 16.1 Å². The van der Waals surface area contributed by atoms with E-state index < -0.39 is 0 Å². The van der Waals surface area contributed by atoms with Crippen molar-refractivity contribution in [3.63, 3.8) is 0 Å². The van der Waals surface area contributed by atoms with Crippen LogP contribution in [0.15, 0.2) is 30.5 Å². The lowest BCUT2D eigenvalue weighted by Crippen LogP contribution is -2.12. The lowest BCUT2D eigenvalue weighted by molar-refractivity contribution is 0.605. The maximum absolute atomic E-state index is 13.4. The van der Waals surface area contributed by atoms with Crippen molar-refractivity contribution in [3.8, 4) is 0 Å². The number of unbranched alkanes of at least 4 members (excludes halogenated alkanes) is 1. The zero-order chi connectivity index (χ0) is 14.5. The zero-order valence-corrected chi connectivity index (χ0v) is 12.4. The fourth-order valence-electron chi connectivity index (χ4n) is 2.25. The Hall–Kier alpha value is -1.84. The number of aryl methyl sites for hydroxylation is 1. The van der Waals surface area contributed by atoms with E-state index in [1.807, 2.05) is 19.2 Å². The molecule has 1 heterocycles. The van der Waals surface area contributed by atoms with Gasteiger partial charge in [-0.25, -0.2) is 9.37 Å². The molecule has 0 bridgehead atoms. The van der Waals surface area contributed by atoms with Gasteiger partial charge in [0.05, 0.1) is 11.7 Å². The quantitative estimate of drug-likeness (QED) is 0.802. The first kappa shape index (κ1) is 14.6. The molecule has 0 saturated carbocycles. The van der Waals surface area contributed by atoms with E-state index in [0.717, 1.165) is 36.6 Å².